The fraction of sp³-hybridized carbons (Fsp3) is 1.00. The molecule has 40 valence electrons. The van der Waals surface area contributed by atoms with E-state index in [2.05, 4.69) is 6.92 Å². The maximum atomic E-state index is 11.2. The Kier molecular flexibility index (Phi) is 14.6. The monoisotopic (exact) mass is 98.1 g/mol. The first-order valence-corrected chi connectivity index (χ1v) is 2.47. The molecule has 0 saturated heterocycles. The largest absolute Gasteiger partial charge is 1.00 e. The van der Waals surface area contributed by atoms with Crippen molar-refractivity contribution >= 4 is 0 Å². The van der Waals surface area contributed by atoms with E-state index in [1.54, 1.807) is 0 Å². The van der Waals surface area contributed by atoms with Gasteiger partial charge in [-0.3, -0.25) is 4.39 Å². The predicted molar refractivity (Wildman–Crippen MR) is 26.6 cm³/mol. The summed E-state index contributed by atoms with van der Waals surface area (Å²) < 4.78 is 11.2. The molecule has 0 unspecified atom stereocenters. The van der Waals surface area contributed by atoms with Gasteiger partial charge < -0.3 is 1.43 Å². The van der Waals surface area contributed by atoms with Crippen molar-refractivity contribution < 1.29 is 24.7 Å². The van der Waals surface area contributed by atoms with Gasteiger partial charge in [0, 0.05) is 0 Å². The van der Waals surface area contributed by atoms with Crippen LogP contribution in [0.3, 0.4) is 0 Å². The van der Waals surface area contributed by atoms with Crippen LogP contribution in [0.2, 0.25) is 0 Å². The van der Waals surface area contributed by atoms with Crippen LogP contribution in [-0.2, 0) is 0 Å². The molecule has 0 fully saturated rings. The van der Waals surface area contributed by atoms with Gasteiger partial charge in [-0.05, 0) is 6.42 Å². The Balaban J connectivity index is -0.000000125. The van der Waals surface area contributed by atoms with Crippen LogP contribution in [0.1, 0.15) is 27.6 Å². The Hall–Kier alpha value is 0.527. The quantitative estimate of drug-likeness (QED) is 0.322. The van der Waals surface area contributed by atoms with E-state index < -0.39 is 0 Å². The molecule has 0 heterocycles. The molecular formula is C5H12FLi. The topological polar surface area (TPSA) is 0 Å². The average molecular weight is 98.1 g/mol. The third kappa shape index (κ3) is 10.8. The minimum atomic E-state index is -0.145. The number of hydrogen-bond acceptors (Lipinski definition) is 0. The van der Waals surface area contributed by atoms with Crippen molar-refractivity contribution in [1.29, 1.82) is 0 Å². The summed E-state index contributed by atoms with van der Waals surface area (Å²) in [5, 5.41) is 0. The maximum Gasteiger partial charge on any atom is 1.00 e. The fourth-order valence-corrected chi connectivity index (χ4v) is 0.344. The summed E-state index contributed by atoms with van der Waals surface area (Å²) in [4.78, 5) is 0. The molecule has 0 aliphatic heterocycles. The van der Waals surface area contributed by atoms with Gasteiger partial charge in [0.25, 0.3) is 0 Å². The third-order valence-corrected chi connectivity index (χ3v) is 0.737. The molecule has 0 aliphatic carbocycles. The zero-order chi connectivity index (χ0) is 4.83. The summed E-state index contributed by atoms with van der Waals surface area (Å²) in [6.07, 6.45) is 2.90. The molecule has 0 N–H and O–H groups in total. The molecule has 0 radical (unpaired) electrons. The van der Waals surface area contributed by atoms with Crippen molar-refractivity contribution in [2.75, 3.05) is 6.67 Å². The third-order valence-electron chi connectivity index (χ3n) is 0.737. The van der Waals surface area contributed by atoms with Crippen LogP contribution >= 0.6 is 0 Å². The van der Waals surface area contributed by atoms with Gasteiger partial charge in [0.2, 0.25) is 0 Å². The smallest absolute Gasteiger partial charge is 1.00 e. The molecule has 7 heavy (non-hydrogen) atoms. The Morgan fingerprint density at radius 1 is 1.43 bits per heavy atom. The Morgan fingerprint density at radius 2 is 2.00 bits per heavy atom. The van der Waals surface area contributed by atoms with Gasteiger partial charge in [-0.15, -0.1) is 0 Å². The van der Waals surface area contributed by atoms with E-state index in [4.69, 9.17) is 0 Å². The van der Waals surface area contributed by atoms with Crippen molar-refractivity contribution in [2.24, 2.45) is 0 Å². The van der Waals surface area contributed by atoms with Crippen molar-refractivity contribution in [3.63, 3.8) is 0 Å². The van der Waals surface area contributed by atoms with Crippen molar-refractivity contribution in [3.05, 3.63) is 0 Å². The van der Waals surface area contributed by atoms with Crippen molar-refractivity contribution in [1.82, 2.24) is 0 Å². The SMILES string of the molecule is CCCCCF.[H-].[Li+]. The summed E-state index contributed by atoms with van der Waals surface area (Å²) in [6, 6.07) is 0. The van der Waals surface area contributed by atoms with E-state index in [-0.39, 0.29) is 27.0 Å². The van der Waals surface area contributed by atoms with Gasteiger partial charge >= 0.3 is 18.9 Å². The fourth-order valence-electron chi connectivity index (χ4n) is 0.344. The van der Waals surface area contributed by atoms with E-state index in [1.165, 1.54) is 0 Å². The van der Waals surface area contributed by atoms with Gasteiger partial charge in [-0.25, -0.2) is 0 Å². The molecule has 0 nitrogen and oxygen atoms in total. The Bertz CT molecular complexity index is 24.4. The summed E-state index contributed by atoms with van der Waals surface area (Å²) in [5.74, 6) is 0. The first-order chi connectivity index (χ1) is 2.91. The Morgan fingerprint density at radius 3 is 2.14 bits per heavy atom. The van der Waals surface area contributed by atoms with E-state index in [0.717, 1.165) is 19.3 Å². The Labute approximate surface area is 58.1 Å². The maximum absolute atomic E-state index is 11.2. The molecule has 0 aromatic carbocycles. The molecular weight excluding hydrogens is 86.0 g/mol. The second-order valence-corrected chi connectivity index (χ2v) is 1.40. The number of halogens is 1. The van der Waals surface area contributed by atoms with Gasteiger partial charge in [-0.1, -0.05) is 19.8 Å². The summed E-state index contributed by atoms with van der Waals surface area (Å²) in [7, 11) is 0. The average Bonchev–Trinajstić information content (AvgIpc) is 1.61. The molecule has 0 amide bonds. The zero-order valence-corrected chi connectivity index (χ0v) is 5.21. The first kappa shape index (κ1) is 10.5. The first-order valence-electron chi connectivity index (χ1n) is 2.47. The van der Waals surface area contributed by atoms with Crippen LogP contribution in [-0.4, -0.2) is 6.67 Å². The second-order valence-electron chi connectivity index (χ2n) is 1.40. The molecule has 0 atom stereocenters. The van der Waals surface area contributed by atoms with Gasteiger partial charge in [0.05, 0.1) is 6.67 Å². The number of alkyl halides is 1. The minimum Gasteiger partial charge on any atom is -1.00 e. The van der Waals surface area contributed by atoms with Gasteiger partial charge in [0.1, 0.15) is 0 Å². The van der Waals surface area contributed by atoms with Crippen molar-refractivity contribution in [2.45, 2.75) is 26.2 Å². The molecule has 0 spiro atoms. The summed E-state index contributed by atoms with van der Waals surface area (Å²) >= 11 is 0. The van der Waals surface area contributed by atoms with Crippen LogP contribution < -0.4 is 18.9 Å². The summed E-state index contributed by atoms with van der Waals surface area (Å²) in [6.45, 7) is 1.92. The van der Waals surface area contributed by atoms with Crippen LogP contribution in [0.5, 0.6) is 0 Å². The molecule has 0 saturated carbocycles. The standard InChI is InChI=1S/C5H11F.Li.H/c1-2-3-4-5-6;;/h2-5H2,1H3;;/q;+1;-1. The van der Waals surface area contributed by atoms with E-state index in [1.807, 2.05) is 0 Å². The van der Waals surface area contributed by atoms with E-state index >= 15 is 0 Å². The zero-order valence-electron chi connectivity index (χ0n) is 6.21. The van der Waals surface area contributed by atoms with Gasteiger partial charge in [-0.2, -0.15) is 0 Å². The summed E-state index contributed by atoms with van der Waals surface area (Å²) in [5.41, 5.74) is 0. The molecule has 0 aromatic heterocycles. The molecule has 0 aliphatic rings. The number of rotatable bonds is 3. The van der Waals surface area contributed by atoms with Crippen LogP contribution in [0.15, 0.2) is 0 Å². The molecule has 0 bridgehead atoms. The van der Waals surface area contributed by atoms with Gasteiger partial charge in [0.15, 0.2) is 0 Å². The van der Waals surface area contributed by atoms with Crippen molar-refractivity contribution in [3.8, 4) is 0 Å². The molecule has 2 heteroatoms. The molecule has 0 rings (SSSR count). The van der Waals surface area contributed by atoms with Crippen LogP contribution in [0.25, 0.3) is 0 Å². The number of unbranched alkanes of at least 4 members (excludes halogenated alkanes) is 2. The number of hydrogen-bond donors (Lipinski definition) is 0. The van der Waals surface area contributed by atoms with Crippen LogP contribution in [0.4, 0.5) is 4.39 Å². The predicted octanol–water partition coefficient (Wildman–Crippen LogP) is -0.737. The van der Waals surface area contributed by atoms with E-state index in [9.17, 15) is 4.39 Å². The van der Waals surface area contributed by atoms with E-state index in [0.29, 0.717) is 0 Å². The molecule has 0 aromatic rings. The minimum absolute atomic E-state index is 0. The normalized spacial score (nSPS) is 7.71. The second kappa shape index (κ2) is 9.73. The van der Waals surface area contributed by atoms with Crippen LogP contribution in [0, 0.1) is 0 Å².